The molecule has 6 nitrogen and oxygen atoms in total. The lowest BCUT2D eigenvalue weighted by molar-refractivity contribution is -0.145. The molecule has 2 amide bonds. The highest BCUT2D eigenvalue weighted by atomic mass is 35.5. The van der Waals surface area contributed by atoms with Gasteiger partial charge < -0.3 is 19.5 Å². The van der Waals surface area contributed by atoms with Crippen molar-refractivity contribution in [3.05, 3.63) is 71.9 Å². The minimum Gasteiger partial charge on any atom is -0.385 e. The Morgan fingerprint density at radius 2 is 1.71 bits per heavy atom. The number of aromatic nitrogens is 1. The number of methoxy groups -OCH3 is 1. The molecule has 0 unspecified atom stereocenters. The number of carbonyl (C=O) groups excluding carboxylic acids is 2. The van der Waals surface area contributed by atoms with E-state index in [2.05, 4.69) is 11.1 Å². The third kappa shape index (κ3) is 7.33. The van der Waals surface area contributed by atoms with E-state index in [1.165, 1.54) is 10.9 Å². The highest BCUT2D eigenvalue weighted by Gasteiger charge is 2.32. The van der Waals surface area contributed by atoms with Gasteiger partial charge in [0.15, 0.2) is 0 Å². The van der Waals surface area contributed by atoms with Crippen molar-refractivity contribution in [2.45, 2.75) is 33.2 Å². The van der Waals surface area contributed by atoms with Gasteiger partial charge in [0.1, 0.15) is 0 Å². The van der Waals surface area contributed by atoms with E-state index in [1.807, 2.05) is 73.5 Å². The average molecular weight is 498 g/mol. The minimum atomic E-state index is -0.747. The molecule has 188 valence electrons. The Morgan fingerprint density at radius 1 is 1.00 bits per heavy atom. The zero-order valence-corrected chi connectivity index (χ0v) is 21.7. The van der Waals surface area contributed by atoms with Gasteiger partial charge in [-0.2, -0.15) is 0 Å². The van der Waals surface area contributed by atoms with E-state index < -0.39 is 5.41 Å². The van der Waals surface area contributed by atoms with Gasteiger partial charge in [-0.3, -0.25) is 9.59 Å². The van der Waals surface area contributed by atoms with Crippen molar-refractivity contribution in [2.75, 3.05) is 39.2 Å². The molecular weight excluding hydrogens is 462 g/mol. The Balaban J connectivity index is 1.78. The molecule has 0 saturated heterocycles. The average Bonchev–Trinajstić information content (AvgIpc) is 3.29. The summed E-state index contributed by atoms with van der Waals surface area (Å²) < 4.78 is 5.17. The third-order valence-electron chi connectivity index (χ3n) is 6.20. The lowest BCUT2D eigenvalue weighted by Gasteiger charge is -2.32. The summed E-state index contributed by atoms with van der Waals surface area (Å²) in [6.07, 6.45) is 3.38. The second-order valence-electron chi connectivity index (χ2n) is 9.50. The Labute approximate surface area is 213 Å². The number of carbonyl (C=O) groups is 2. The van der Waals surface area contributed by atoms with Crippen LogP contribution < -0.4 is 0 Å². The maximum atomic E-state index is 13.6. The smallest absolute Gasteiger partial charge is 0.242 e. The molecule has 0 saturated carbocycles. The number of fused-ring (bicyclic) bond motifs is 1. The van der Waals surface area contributed by atoms with Gasteiger partial charge in [0.2, 0.25) is 11.8 Å². The molecule has 35 heavy (non-hydrogen) atoms. The summed E-state index contributed by atoms with van der Waals surface area (Å²) in [6, 6.07) is 18.1. The van der Waals surface area contributed by atoms with Gasteiger partial charge in [0.25, 0.3) is 0 Å². The molecule has 0 spiro atoms. The molecular formula is C28H36ClN3O3. The first kappa shape index (κ1) is 26.8. The van der Waals surface area contributed by atoms with Crippen LogP contribution in [0.1, 0.15) is 31.4 Å². The molecule has 0 aliphatic heterocycles. The fourth-order valence-corrected chi connectivity index (χ4v) is 4.20. The van der Waals surface area contributed by atoms with Crippen LogP contribution in [0.5, 0.6) is 0 Å². The van der Waals surface area contributed by atoms with Crippen LogP contribution in [-0.4, -0.2) is 65.8 Å². The van der Waals surface area contributed by atoms with Crippen LogP contribution in [0.3, 0.4) is 0 Å². The first-order valence-electron chi connectivity index (χ1n) is 12.1. The maximum Gasteiger partial charge on any atom is 0.242 e. The van der Waals surface area contributed by atoms with Crippen molar-refractivity contribution in [1.29, 1.82) is 0 Å². The number of para-hydroxylation sites is 1. The number of halogens is 1. The van der Waals surface area contributed by atoms with Crippen molar-refractivity contribution in [2.24, 2.45) is 5.41 Å². The van der Waals surface area contributed by atoms with Crippen molar-refractivity contribution >= 4 is 34.3 Å². The van der Waals surface area contributed by atoms with Crippen LogP contribution in [0, 0.1) is 5.41 Å². The van der Waals surface area contributed by atoms with Crippen LogP contribution in [-0.2, 0) is 27.3 Å². The predicted octanol–water partition coefficient (Wildman–Crippen LogP) is 4.87. The van der Waals surface area contributed by atoms with E-state index in [0.29, 0.717) is 39.1 Å². The highest BCUT2D eigenvalue weighted by molar-refractivity contribution is 6.19. The summed E-state index contributed by atoms with van der Waals surface area (Å²) in [5, 5.41) is 1.17. The summed E-state index contributed by atoms with van der Waals surface area (Å²) >= 11 is 6.08. The summed E-state index contributed by atoms with van der Waals surface area (Å²) in [4.78, 5) is 33.6. The SMILES string of the molecule is COCCCN(CC(=O)N(CCc1c[nH]c2ccccc12)Cc1ccccc1)C(=O)C(C)(C)CCl. The van der Waals surface area contributed by atoms with E-state index in [1.54, 1.807) is 12.0 Å². The van der Waals surface area contributed by atoms with Crippen LogP contribution >= 0.6 is 11.6 Å². The van der Waals surface area contributed by atoms with E-state index in [4.69, 9.17) is 16.3 Å². The molecule has 2 aromatic carbocycles. The zero-order chi connectivity index (χ0) is 25.3. The second-order valence-corrected chi connectivity index (χ2v) is 9.77. The van der Waals surface area contributed by atoms with Gasteiger partial charge in [-0.05, 0) is 43.9 Å². The molecule has 0 fully saturated rings. The van der Waals surface area contributed by atoms with Gasteiger partial charge in [-0.25, -0.2) is 0 Å². The number of rotatable bonds is 13. The fourth-order valence-electron chi connectivity index (χ4n) is 4.09. The number of ether oxygens (including phenoxy) is 1. The van der Waals surface area contributed by atoms with Gasteiger partial charge in [0.05, 0.1) is 12.0 Å². The van der Waals surface area contributed by atoms with Crippen LogP contribution in [0.25, 0.3) is 10.9 Å². The largest absolute Gasteiger partial charge is 0.385 e. The van der Waals surface area contributed by atoms with E-state index in [9.17, 15) is 9.59 Å². The predicted molar refractivity (Wildman–Crippen MR) is 141 cm³/mol. The molecule has 7 heteroatoms. The second kappa shape index (κ2) is 12.8. The standard InChI is InChI=1S/C28H36ClN3O3/c1-28(2,21-29)27(34)32(15-9-17-35-3)20-26(33)31(19-22-10-5-4-6-11-22)16-14-23-18-30-25-13-8-7-12-24(23)25/h4-8,10-13,18,30H,9,14-17,19-21H2,1-3H3. The molecule has 1 aromatic heterocycles. The number of nitrogens with zero attached hydrogens (tertiary/aromatic N) is 2. The number of aromatic amines is 1. The molecule has 0 bridgehead atoms. The summed E-state index contributed by atoms with van der Waals surface area (Å²) in [5.41, 5.74) is 2.56. The lowest BCUT2D eigenvalue weighted by atomic mass is 9.94. The van der Waals surface area contributed by atoms with Gasteiger partial charge in [0, 0.05) is 56.3 Å². The summed E-state index contributed by atoms with van der Waals surface area (Å²) in [7, 11) is 1.63. The van der Waals surface area contributed by atoms with Crippen LogP contribution in [0.4, 0.5) is 0 Å². The first-order valence-corrected chi connectivity index (χ1v) is 12.6. The Hall–Kier alpha value is -2.83. The number of hydrogen-bond acceptors (Lipinski definition) is 3. The number of hydrogen-bond donors (Lipinski definition) is 1. The number of nitrogens with one attached hydrogen (secondary N) is 1. The highest BCUT2D eigenvalue weighted by Crippen LogP contribution is 2.22. The van der Waals surface area contributed by atoms with Crippen LogP contribution in [0.2, 0.25) is 0 Å². The lowest BCUT2D eigenvalue weighted by Crippen LogP contribution is -2.48. The van der Waals surface area contributed by atoms with Crippen molar-refractivity contribution < 1.29 is 14.3 Å². The monoisotopic (exact) mass is 497 g/mol. The van der Waals surface area contributed by atoms with Crippen molar-refractivity contribution in [3.8, 4) is 0 Å². The molecule has 1 heterocycles. The fraction of sp³-hybridized carbons (Fsp3) is 0.429. The van der Waals surface area contributed by atoms with Gasteiger partial charge in [-0.15, -0.1) is 11.6 Å². The van der Waals surface area contributed by atoms with Gasteiger partial charge in [-0.1, -0.05) is 48.5 Å². The summed E-state index contributed by atoms with van der Waals surface area (Å²) in [5.74, 6) is -0.00665. The molecule has 3 aromatic rings. The van der Waals surface area contributed by atoms with E-state index >= 15 is 0 Å². The zero-order valence-electron chi connectivity index (χ0n) is 20.9. The third-order valence-corrected chi connectivity index (χ3v) is 6.87. The quantitative estimate of drug-likeness (QED) is 0.270. The minimum absolute atomic E-state index is 0.0174. The normalized spacial score (nSPS) is 11.5. The topological polar surface area (TPSA) is 65.6 Å². The number of amides is 2. The Morgan fingerprint density at radius 3 is 2.43 bits per heavy atom. The molecule has 3 rings (SSSR count). The molecule has 0 radical (unpaired) electrons. The molecule has 0 aliphatic carbocycles. The van der Waals surface area contributed by atoms with E-state index in [-0.39, 0.29) is 24.2 Å². The molecule has 0 aliphatic rings. The van der Waals surface area contributed by atoms with Crippen molar-refractivity contribution in [3.63, 3.8) is 0 Å². The number of H-pyrrole nitrogens is 1. The Kier molecular flexibility index (Phi) is 9.75. The first-order chi connectivity index (χ1) is 16.9. The van der Waals surface area contributed by atoms with Crippen LogP contribution in [0.15, 0.2) is 60.8 Å². The maximum absolute atomic E-state index is 13.6. The van der Waals surface area contributed by atoms with E-state index in [0.717, 1.165) is 11.1 Å². The molecule has 0 atom stereocenters. The van der Waals surface area contributed by atoms with Crippen molar-refractivity contribution in [1.82, 2.24) is 14.8 Å². The summed E-state index contributed by atoms with van der Waals surface area (Å²) in [6.45, 7) is 5.65. The van der Waals surface area contributed by atoms with Gasteiger partial charge >= 0.3 is 0 Å². The Bertz CT molecular complexity index is 1100. The molecule has 1 N–H and O–H groups in total. The number of benzene rings is 2. The number of alkyl halides is 1.